The highest BCUT2D eigenvalue weighted by molar-refractivity contribution is 5.63. The molecule has 2 N–H and O–H groups in total. The molecule has 12 heavy (non-hydrogen) atoms. The molecule has 0 fully saturated rings. The summed E-state index contributed by atoms with van der Waals surface area (Å²) in [6, 6.07) is 0. The molecule has 1 nitrogen and oxygen atoms in total. The summed E-state index contributed by atoms with van der Waals surface area (Å²) >= 11 is 0. The van der Waals surface area contributed by atoms with Crippen LogP contribution in [-0.4, -0.2) is 0 Å². The zero-order chi connectivity index (χ0) is 8.97. The van der Waals surface area contributed by atoms with E-state index in [-0.39, 0.29) is 0 Å². The molecule has 0 atom stereocenters. The summed E-state index contributed by atoms with van der Waals surface area (Å²) in [7, 11) is 0. The van der Waals surface area contributed by atoms with Crippen LogP contribution < -0.4 is 5.73 Å². The van der Waals surface area contributed by atoms with Crippen molar-refractivity contribution in [1.82, 2.24) is 0 Å². The number of allylic oxidation sites excluding steroid dienone is 6. The van der Waals surface area contributed by atoms with Gasteiger partial charge in [0.15, 0.2) is 0 Å². The largest absolute Gasteiger partial charge is 0.398 e. The molecule has 60 valence electrons. The second kappa shape index (κ2) is 3.64. The van der Waals surface area contributed by atoms with Gasteiger partial charge in [0.1, 0.15) is 0 Å². The summed E-state index contributed by atoms with van der Waals surface area (Å²) in [5, 5.41) is 0. The van der Waals surface area contributed by atoms with E-state index in [0.717, 1.165) is 17.7 Å². The predicted octanol–water partition coefficient (Wildman–Crippen LogP) is 1.90. The van der Waals surface area contributed by atoms with Gasteiger partial charge in [-0.1, -0.05) is 30.7 Å². The van der Waals surface area contributed by atoms with Crippen molar-refractivity contribution in [2.75, 3.05) is 0 Å². The molecule has 0 aromatic rings. The van der Waals surface area contributed by atoms with Crippen molar-refractivity contribution in [3.63, 3.8) is 0 Å². The molecule has 0 radical (unpaired) electrons. The summed E-state index contributed by atoms with van der Waals surface area (Å²) in [4.78, 5) is 0. The first-order chi connectivity index (χ1) is 5.77. The second-order valence-electron chi connectivity index (χ2n) is 2.53. The highest BCUT2D eigenvalue weighted by atomic mass is 14.7. The lowest BCUT2D eigenvalue weighted by atomic mass is 10.3. The molecular formula is C11H11N. The third-order valence-corrected chi connectivity index (χ3v) is 1.71. The van der Waals surface area contributed by atoms with Crippen LogP contribution in [0.2, 0.25) is 0 Å². The molecule has 0 aliphatic heterocycles. The van der Waals surface area contributed by atoms with Crippen LogP contribution in [0.1, 0.15) is 6.42 Å². The molecule has 0 bridgehead atoms. The quantitative estimate of drug-likeness (QED) is 0.491. The van der Waals surface area contributed by atoms with Crippen molar-refractivity contribution in [1.29, 1.82) is 0 Å². The fourth-order valence-corrected chi connectivity index (χ4v) is 0.898. The molecule has 0 saturated heterocycles. The Hall–Kier alpha value is -1.68. The highest BCUT2D eigenvalue weighted by Crippen LogP contribution is 2.34. The SMILES string of the molecule is C#C/C=C\C=C/CC1=C(N)C1=C. The van der Waals surface area contributed by atoms with Crippen molar-refractivity contribution >= 4 is 0 Å². The normalized spacial score (nSPS) is 16.1. The Morgan fingerprint density at radius 2 is 2.17 bits per heavy atom. The van der Waals surface area contributed by atoms with Crippen molar-refractivity contribution < 1.29 is 0 Å². The Balaban J connectivity index is 2.29. The minimum atomic E-state index is 0.861. The highest BCUT2D eigenvalue weighted by Gasteiger charge is 2.21. The molecule has 1 rings (SSSR count). The fourth-order valence-electron chi connectivity index (χ4n) is 0.898. The summed E-state index contributed by atoms with van der Waals surface area (Å²) < 4.78 is 0. The molecule has 0 saturated carbocycles. The van der Waals surface area contributed by atoms with Gasteiger partial charge in [-0.25, -0.2) is 0 Å². The van der Waals surface area contributed by atoms with Crippen LogP contribution >= 0.6 is 0 Å². The minimum absolute atomic E-state index is 0.861. The molecule has 0 amide bonds. The lowest BCUT2D eigenvalue weighted by Crippen LogP contribution is -1.78. The molecule has 0 heterocycles. The Bertz CT molecular complexity index is 321. The average molecular weight is 157 g/mol. The maximum absolute atomic E-state index is 5.55. The Labute approximate surface area is 73.0 Å². The molecule has 0 unspecified atom stereocenters. The van der Waals surface area contributed by atoms with Gasteiger partial charge in [-0.2, -0.15) is 0 Å². The maximum Gasteiger partial charge on any atom is 0.0427 e. The maximum atomic E-state index is 5.55. The predicted molar refractivity (Wildman–Crippen MR) is 52.1 cm³/mol. The van der Waals surface area contributed by atoms with Crippen LogP contribution in [-0.2, 0) is 0 Å². The first kappa shape index (κ1) is 8.42. The van der Waals surface area contributed by atoms with Crippen LogP contribution in [0.4, 0.5) is 0 Å². The van der Waals surface area contributed by atoms with Gasteiger partial charge in [-0.05, 0) is 23.6 Å². The van der Waals surface area contributed by atoms with Gasteiger partial charge in [-0.15, -0.1) is 6.42 Å². The van der Waals surface area contributed by atoms with Crippen LogP contribution in [0, 0.1) is 12.3 Å². The van der Waals surface area contributed by atoms with E-state index in [0.29, 0.717) is 0 Å². The van der Waals surface area contributed by atoms with Gasteiger partial charge < -0.3 is 5.73 Å². The molecule has 0 aromatic heterocycles. The van der Waals surface area contributed by atoms with Crippen molar-refractivity contribution in [3.05, 3.63) is 47.7 Å². The Kier molecular flexibility index (Phi) is 2.55. The average Bonchev–Trinajstić information content (AvgIpc) is 2.62. The smallest absolute Gasteiger partial charge is 0.0427 e. The number of rotatable bonds is 3. The summed E-state index contributed by atoms with van der Waals surface area (Å²) in [6.45, 7) is 3.76. The first-order valence-corrected chi connectivity index (χ1v) is 3.73. The van der Waals surface area contributed by atoms with Crippen LogP contribution in [0.25, 0.3) is 0 Å². The zero-order valence-electron chi connectivity index (χ0n) is 6.88. The third-order valence-electron chi connectivity index (χ3n) is 1.71. The molecule has 0 aromatic carbocycles. The minimum Gasteiger partial charge on any atom is -0.398 e. The van der Waals surface area contributed by atoms with E-state index in [4.69, 9.17) is 12.2 Å². The lowest BCUT2D eigenvalue weighted by molar-refractivity contribution is 1.34. The standard InChI is InChI=1S/C11H11N/c1-3-4-5-6-7-8-10-9(2)11(10)12/h1,4-7H,2,8,12H2/b5-4-,7-6-. The summed E-state index contributed by atoms with van der Waals surface area (Å²) in [5.41, 5.74) is 8.58. The van der Waals surface area contributed by atoms with Crippen LogP contribution in [0.3, 0.4) is 0 Å². The number of hydrogen-bond acceptors (Lipinski definition) is 1. The topological polar surface area (TPSA) is 26.0 Å². The first-order valence-electron chi connectivity index (χ1n) is 3.73. The van der Waals surface area contributed by atoms with E-state index in [9.17, 15) is 0 Å². The van der Waals surface area contributed by atoms with E-state index in [1.807, 2.05) is 18.2 Å². The van der Waals surface area contributed by atoms with Gasteiger partial charge in [-0.3, -0.25) is 0 Å². The molecular weight excluding hydrogens is 146 g/mol. The molecule has 1 aliphatic rings. The van der Waals surface area contributed by atoms with Gasteiger partial charge in [0.25, 0.3) is 0 Å². The fraction of sp³-hybridized carbons (Fsp3) is 0.0909. The second-order valence-corrected chi connectivity index (χ2v) is 2.53. The van der Waals surface area contributed by atoms with E-state index >= 15 is 0 Å². The Morgan fingerprint density at radius 3 is 2.67 bits per heavy atom. The van der Waals surface area contributed by atoms with Gasteiger partial charge in [0.2, 0.25) is 0 Å². The number of nitrogens with two attached hydrogens (primary N) is 1. The van der Waals surface area contributed by atoms with Crippen molar-refractivity contribution in [3.8, 4) is 12.3 Å². The third kappa shape index (κ3) is 1.90. The Morgan fingerprint density at radius 1 is 1.50 bits per heavy atom. The van der Waals surface area contributed by atoms with E-state index in [1.54, 1.807) is 6.08 Å². The lowest BCUT2D eigenvalue weighted by Gasteiger charge is -1.78. The monoisotopic (exact) mass is 157 g/mol. The number of hydrogen-bond donors (Lipinski definition) is 1. The van der Waals surface area contributed by atoms with Crippen molar-refractivity contribution in [2.45, 2.75) is 6.42 Å². The van der Waals surface area contributed by atoms with Gasteiger partial charge in [0, 0.05) is 5.70 Å². The van der Waals surface area contributed by atoms with Gasteiger partial charge >= 0.3 is 0 Å². The van der Waals surface area contributed by atoms with Crippen LogP contribution in [0.5, 0.6) is 0 Å². The summed E-state index contributed by atoms with van der Waals surface area (Å²) in [5.74, 6) is 2.40. The van der Waals surface area contributed by atoms with E-state index in [1.165, 1.54) is 5.57 Å². The van der Waals surface area contributed by atoms with E-state index in [2.05, 4.69) is 12.5 Å². The molecule has 1 heteroatoms. The summed E-state index contributed by atoms with van der Waals surface area (Å²) in [6.07, 6.45) is 13.3. The molecule has 0 spiro atoms. The van der Waals surface area contributed by atoms with Gasteiger partial charge in [0.05, 0.1) is 0 Å². The zero-order valence-corrected chi connectivity index (χ0v) is 6.88. The van der Waals surface area contributed by atoms with Crippen molar-refractivity contribution in [2.24, 2.45) is 5.73 Å². The van der Waals surface area contributed by atoms with Crippen LogP contribution in [0.15, 0.2) is 47.7 Å². The van der Waals surface area contributed by atoms with E-state index < -0.39 is 0 Å². The number of terminal acetylenes is 1. The molecule has 1 aliphatic carbocycles.